The first kappa shape index (κ1) is 12.2. The van der Waals surface area contributed by atoms with E-state index in [2.05, 4.69) is 6.58 Å². The maximum atomic E-state index is 13.2. The van der Waals surface area contributed by atoms with Crippen LogP contribution in [0.15, 0.2) is 30.9 Å². The molecule has 1 heterocycles. The monoisotopic (exact) mass is 240 g/mol. The Kier molecular flexibility index (Phi) is 3.54. The summed E-state index contributed by atoms with van der Waals surface area (Å²) in [5.41, 5.74) is 0.529. The van der Waals surface area contributed by atoms with Crippen LogP contribution in [0.1, 0.15) is 17.9 Å². The number of rotatable bonds is 2. The summed E-state index contributed by atoms with van der Waals surface area (Å²) in [6.45, 7) is 4.14. The van der Waals surface area contributed by atoms with Gasteiger partial charge in [0.1, 0.15) is 0 Å². The van der Waals surface area contributed by atoms with Gasteiger partial charge in [0.2, 0.25) is 0 Å². The van der Waals surface area contributed by atoms with Crippen LogP contribution in [0.3, 0.4) is 0 Å². The number of benzene rings is 1. The molecule has 1 saturated heterocycles. The SMILES string of the molecule is C=CC1CCOC(O)C1c1ccc(F)c(F)c1. The van der Waals surface area contributed by atoms with Crippen LogP contribution in [-0.2, 0) is 4.74 Å². The lowest BCUT2D eigenvalue weighted by Crippen LogP contribution is -2.33. The molecule has 0 aromatic heterocycles. The van der Waals surface area contributed by atoms with Crippen molar-refractivity contribution in [1.29, 1.82) is 0 Å². The molecule has 0 saturated carbocycles. The molecule has 1 fully saturated rings. The van der Waals surface area contributed by atoms with Crippen molar-refractivity contribution in [3.05, 3.63) is 48.1 Å². The lowest BCUT2D eigenvalue weighted by Gasteiger charge is -2.34. The summed E-state index contributed by atoms with van der Waals surface area (Å²) in [5, 5.41) is 9.80. The molecule has 17 heavy (non-hydrogen) atoms. The van der Waals surface area contributed by atoms with E-state index in [9.17, 15) is 13.9 Å². The minimum atomic E-state index is -1.00. The quantitative estimate of drug-likeness (QED) is 0.805. The molecular weight excluding hydrogens is 226 g/mol. The van der Waals surface area contributed by atoms with Gasteiger partial charge < -0.3 is 9.84 Å². The summed E-state index contributed by atoms with van der Waals surface area (Å²) < 4.78 is 31.2. The van der Waals surface area contributed by atoms with Gasteiger partial charge in [-0.25, -0.2) is 8.78 Å². The van der Waals surface area contributed by atoms with E-state index in [4.69, 9.17) is 4.74 Å². The van der Waals surface area contributed by atoms with Crippen molar-refractivity contribution >= 4 is 0 Å². The number of aliphatic hydroxyl groups is 1. The molecule has 2 rings (SSSR count). The van der Waals surface area contributed by atoms with Crippen LogP contribution in [-0.4, -0.2) is 18.0 Å². The molecule has 1 aliphatic rings. The fourth-order valence-corrected chi connectivity index (χ4v) is 2.22. The van der Waals surface area contributed by atoms with Gasteiger partial charge in [-0.15, -0.1) is 6.58 Å². The number of aliphatic hydroxyl groups excluding tert-OH is 1. The molecular formula is C13H14F2O2. The highest BCUT2D eigenvalue weighted by molar-refractivity contribution is 5.24. The maximum absolute atomic E-state index is 13.2. The van der Waals surface area contributed by atoms with Crippen LogP contribution in [0.5, 0.6) is 0 Å². The third kappa shape index (κ3) is 2.37. The summed E-state index contributed by atoms with van der Waals surface area (Å²) in [7, 11) is 0. The highest BCUT2D eigenvalue weighted by atomic mass is 19.2. The summed E-state index contributed by atoms with van der Waals surface area (Å²) in [6, 6.07) is 3.64. The van der Waals surface area contributed by atoms with Crippen molar-refractivity contribution in [2.45, 2.75) is 18.6 Å². The normalized spacial score (nSPS) is 29.0. The van der Waals surface area contributed by atoms with E-state index in [0.717, 1.165) is 12.1 Å². The molecule has 1 aromatic rings. The zero-order valence-electron chi connectivity index (χ0n) is 9.27. The van der Waals surface area contributed by atoms with Gasteiger partial charge in [0.05, 0.1) is 6.61 Å². The standard InChI is InChI=1S/C13H14F2O2/c1-2-8-5-6-17-13(16)12(8)9-3-4-10(14)11(15)7-9/h2-4,7-8,12-13,16H,1,5-6H2. The fourth-order valence-electron chi connectivity index (χ4n) is 2.22. The minimum absolute atomic E-state index is 0.00334. The van der Waals surface area contributed by atoms with Crippen LogP contribution in [0, 0.1) is 17.6 Å². The Morgan fingerprint density at radius 1 is 1.35 bits per heavy atom. The predicted molar refractivity (Wildman–Crippen MR) is 59.4 cm³/mol. The van der Waals surface area contributed by atoms with Gasteiger partial charge in [-0.05, 0) is 30.0 Å². The third-order valence-corrected chi connectivity index (χ3v) is 3.14. The molecule has 1 aromatic carbocycles. The van der Waals surface area contributed by atoms with E-state index >= 15 is 0 Å². The highest BCUT2D eigenvalue weighted by Crippen LogP contribution is 2.35. The van der Waals surface area contributed by atoms with E-state index < -0.39 is 23.8 Å². The van der Waals surface area contributed by atoms with Crippen molar-refractivity contribution in [2.75, 3.05) is 6.61 Å². The summed E-state index contributed by atoms with van der Waals surface area (Å²) >= 11 is 0. The third-order valence-electron chi connectivity index (χ3n) is 3.14. The van der Waals surface area contributed by atoms with Gasteiger partial charge >= 0.3 is 0 Å². The number of ether oxygens (including phenoxy) is 1. The Hall–Kier alpha value is -1.26. The smallest absolute Gasteiger partial charge is 0.161 e. The minimum Gasteiger partial charge on any atom is -0.367 e. The average Bonchev–Trinajstić information content (AvgIpc) is 2.32. The molecule has 0 bridgehead atoms. The average molecular weight is 240 g/mol. The van der Waals surface area contributed by atoms with Gasteiger partial charge in [-0.2, -0.15) is 0 Å². The van der Waals surface area contributed by atoms with E-state index in [1.54, 1.807) is 6.08 Å². The van der Waals surface area contributed by atoms with Gasteiger partial charge in [0.15, 0.2) is 17.9 Å². The molecule has 4 heteroatoms. The van der Waals surface area contributed by atoms with Gasteiger partial charge in [-0.1, -0.05) is 12.1 Å². The molecule has 0 aliphatic carbocycles. The van der Waals surface area contributed by atoms with Crippen LogP contribution in [0.4, 0.5) is 8.78 Å². The molecule has 3 atom stereocenters. The molecule has 2 nitrogen and oxygen atoms in total. The molecule has 92 valence electrons. The zero-order chi connectivity index (χ0) is 12.4. The molecule has 1 N–H and O–H groups in total. The van der Waals surface area contributed by atoms with E-state index in [1.807, 2.05) is 0 Å². The van der Waals surface area contributed by atoms with Crippen molar-refractivity contribution in [3.8, 4) is 0 Å². The first-order valence-electron chi connectivity index (χ1n) is 5.50. The second-order valence-corrected chi connectivity index (χ2v) is 4.15. The Morgan fingerprint density at radius 2 is 2.12 bits per heavy atom. The molecule has 3 unspecified atom stereocenters. The first-order chi connectivity index (χ1) is 8.13. The fraction of sp³-hybridized carbons (Fsp3) is 0.385. The van der Waals surface area contributed by atoms with E-state index in [1.165, 1.54) is 6.07 Å². The Bertz CT molecular complexity index is 420. The van der Waals surface area contributed by atoms with Gasteiger partial charge in [-0.3, -0.25) is 0 Å². The number of halogens is 2. The molecule has 0 radical (unpaired) electrons. The summed E-state index contributed by atoms with van der Waals surface area (Å²) in [4.78, 5) is 0. The molecule has 0 amide bonds. The van der Waals surface area contributed by atoms with Crippen LogP contribution in [0.2, 0.25) is 0 Å². The Balaban J connectivity index is 2.34. The van der Waals surface area contributed by atoms with Crippen molar-refractivity contribution in [3.63, 3.8) is 0 Å². The van der Waals surface area contributed by atoms with Crippen LogP contribution < -0.4 is 0 Å². The number of hydrogen-bond acceptors (Lipinski definition) is 2. The van der Waals surface area contributed by atoms with Gasteiger partial charge in [0, 0.05) is 5.92 Å². The zero-order valence-corrected chi connectivity index (χ0v) is 9.27. The van der Waals surface area contributed by atoms with Gasteiger partial charge in [0.25, 0.3) is 0 Å². The van der Waals surface area contributed by atoms with E-state index in [0.29, 0.717) is 18.6 Å². The number of hydrogen-bond donors (Lipinski definition) is 1. The number of allylic oxidation sites excluding steroid dienone is 1. The highest BCUT2D eigenvalue weighted by Gasteiger charge is 2.33. The molecule has 1 aliphatic heterocycles. The lowest BCUT2D eigenvalue weighted by molar-refractivity contribution is -0.148. The summed E-state index contributed by atoms with van der Waals surface area (Å²) in [6.07, 6.45) is 1.43. The van der Waals surface area contributed by atoms with Crippen molar-refractivity contribution in [1.82, 2.24) is 0 Å². The van der Waals surface area contributed by atoms with Crippen LogP contribution in [0.25, 0.3) is 0 Å². The van der Waals surface area contributed by atoms with Crippen LogP contribution >= 0.6 is 0 Å². The molecule has 0 spiro atoms. The first-order valence-corrected chi connectivity index (χ1v) is 5.50. The summed E-state index contributed by atoms with van der Waals surface area (Å²) in [5.74, 6) is -2.20. The lowest BCUT2D eigenvalue weighted by atomic mass is 9.82. The Labute approximate surface area is 98.5 Å². The second-order valence-electron chi connectivity index (χ2n) is 4.15. The second kappa shape index (κ2) is 4.94. The largest absolute Gasteiger partial charge is 0.367 e. The predicted octanol–water partition coefficient (Wildman–Crippen LogP) is 2.59. The maximum Gasteiger partial charge on any atom is 0.161 e. The Morgan fingerprint density at radius 3 is 2.76 bits per heavy atom. The van der Waals surface area contributed by atoms with Crippen molar-refractivity contribution < 1.29 is 18.6 Å². The van der Waals surface area contributed by atoms with Crippen molar-refractivity contribution in [2.24, 2.45) is 5.92 Å². The topological polar surface area (TPSA) is 29.5 Å². The van der Waals surface area contributed by atoms with E-state index in [-0.39, 0.29) is 5.92 Å².